The van der Waals surface area contributed by atoms with Gasteiger partial charge in [0.1, 0.15) is 0 Å². The van der Waals surface area contributed by atoms with Gasteiger partial charge in [-0.1, -0.05) is 49.0 Å². The molecule has 10 nitrogen and oxygen atoms in total. The molecule has 228 valence electrons. The molecule has 2 aliphatic rings. The van der Waals surface area contributed by atoms with Gasteiger partial charge < -0.3 is 24.6 Å². The van der Waals surface area contributed by atoms with E-state index in [1.807, 2.05) is 61.2 Å². The van der Waals surface area contributed by atoms with Crippen LogP contribution in [0.4, 0.5) is 5.69 Å². The Kier molecular flexibility index (Phi) is 8.74. The number of para-hydroxylation sites is 1. The zero-order chi connectivity index (χ0) is 30.6. The first-order chi connectivity index (χ1) is 21.4. The minimum absolute atomic E-state index is 0.00607. The summed E-state index contributed by atoms with van der Waals surface area (Å²) >= 11 is 1.22. The summed E-state index contributed by atoms with van der Waals surface area (Å²) in [5.74, 6) is 1.03. The molecule has 1 saturated heterocycles. The molecule has 2 amide bonds. The Bertz CT molecular complexity index is 1720. The number of thioether (sulfide) groups is 1. The monoisotopic (exact) mass is 613 g/mol. The highest BCUT2D eigenvalue weighted by molar-refractivity contribution is 7.99. The molecule has 1 N–H and O–H groups in total. The summed E-state index contributed by atoms with van der Waals surface area (Å²) in [6.45, 7) is 7.14. The average Bonchev–Trinajstić information content (AvgIpc) is 3.52. The Balaban J connectivity index is 1.20. The maximum atomic E-state index is 13.8. The first-order valence-electron chi connectivity index (χ1n) is 14.8. The second-order valence-corrected chi connectivity index (χ2v) is 11.9. The molecule has 44 heavy (non-hydrogen) atoms. The van der Waals surface area contributed by atoms with Crippen molar-refractivity contribution in [3.63, 3.8) is 0 Å². The highest BCUT2D eigenvalue weighted by Crippen LogP contribution is 2.35. The van der Waals surface area contributed by atoms with Crippen LogP contribution in [-0.2, 0) is 11.3 Å². The lowest BCUT2D eigenvalue weighted by Crippen LogP contribution is -2.48. The van der Waals surface area contributed by atoms with E-state index >= 15 is 0 Å². The van der Waals surface area contributed by atoms with Crippen molar-refractivity contribution < 1.29 is 19.1 Å². The van der Waals surface area contributed by atoms with Crippen molar-refractivity contribution in [3.05, 3.63) is 88.2 Å². The van der Waals surface area contributed by atoms with Crippen LogP contribution in [-0.4, -0.2) is 71.0 Å². The third-order valence-corrected chi connectivity index (χ3v) is 8.97. The Morgan fingerprint density at radius 1 is 0.977 bits per heavy atom. The van der Waals surface area contributed by atoms with E-state index in [1.165, 1.54) is 17.4 Å². The van der Waals surface area contributed by atoms with Crippen LogP contribution < -0.4 is 25.2 Å². The van der Waals surface area contributed by atoms with E-state index in [4.69, 9.17) is 14.5 Å². The molecular formula is C33H35N5O5S. The van der Waals surface area contributed by atoms with Crippen LogP contribution in [0.15, 0.2) is 76.7 Å². The molecule has 1 atom stereocenters. The van der Waals surface area contributed by atoms with Gasteiger partial charge in [0.05, 0.1) is 23.2 Å². The fraction of sp³-hybridized carbons (Fsp3) is 0.333. The zero-order valence-corrected chi connectivity index (χ0v) is 25.6. The number of carbonyl (C=O) groups excluding carboxylic acids is 2. The van der Waals surface area contributed by atoms with E-state index < -0.39 is 0 Å². The molecule has 3 heterocycles. The fourth-order valence-corrected chi connectivity index (χ4v) is 6.12. The van der Waals surface area contributed by atoms with E-state index in [2.05, 4.69) is 22.3 Å². The lowest BCUT2D eigenvalue weighted by molar-refractivity contribution is -0.119. The maximum Gasteiger partial charge on any atom is 0.262 e. The molecule has 1 aromatic heterocycles. The number of carbonyl (C=O) groups is 2. The molecule has 0 bridgehead atoms. The van der Waals surface area contributed by atoms with E-state index in [1.54, 1.807) is 16.7 Å². The average molecular weight is 614 g/mol. The third kappa shape index (κ3) is 6.37. The quantitative estimate of drug-likeness (QED) is 0.222. The summed E-state index contributed by atoms with van der Waals surface area (Å²) < 4.78 is 12.6. The predicted octanol–water partition coefficient (Wildman–Crippen LogP) is 4.14. The Hall–Kier alpha value is -4.51. The Morgan fingerprint density at radius 3 is 2.39 bits per heavy atom. The molecular weight excluding hydrogens is 578 g/mol. The van der Waals surface area contributed by atoms with E-state index in [9.17, 15) is 14.4 Å². The van der Waals surface area contributed by atoms with Crippen molar-refractivity contribution in [2.75, 3.05) is 43.6 Å². The number of benzene rings is 3. The lowest BCUT2D eigenvalue weighted by atomic mass is 10.1. The first-order valence-corrected chi connectivity index (χ1v) is 15.8. The normalized spacial score (nSPS) is 15.0. The number of piperazine rings is 1. The number of hydrogen-bond acceptors (Lipinski definition) is 8. The molecule has 0 unspecified atom stereocenters. The van der Waals surface area contributed by atoms with Crippen molar-refractivity contribution in [3.8, 4) is 11.5 Å². The molecule has 6 rings (SSSR count). The standard InChI is InChI=1S/C33H35N5O5S/c1-3-22(2)34-30(39)20-44-33-35-27-18-29-28(42-21-43-29)17-26(27)32(41)38(33)19-23-9-11-24(12-10-23)31(40)37-15-13-36(14-16-37)25-7-5-4-6-8-25/h4-12,17-18,22H,3,13-16,19-21H2,1-2H3,(H,34,39)/t22-/m0/s1. The number of aromatic nitrogens is 2. The van der Waals surface area contributed by atoms with Crippen LogP contribution in [0.5, 0.6) is 11.5 Å². The number of anilines is 1. The van der Waals surface area contributed by atoms with Crippen molar-refractivity contribution in [2.45, 2.75) is 38.0 Å². The number of ether oxygens (including phenoxy) is 2. The van der Waals surface area contributed by atoms with Crippen molar-refractivity contribution in [2.24, 2.45) is 0 Å². The highest BCUT2D eigenvalue weighted by Gasteiger charge is 2.23. The van der Waals surface area contributed by atoms with Crippen LogP contribution in [0.3, 0.4) is 0 Å². The molecule has 0 saturated carbocycles. The molecule has 0 radical (unpaired) electrons. The third-order valence-electron chi connectivity index (χ3n) is 8.00. The summed E-state index contributed by atoms with van der Waals surface area (Å²) in [6.07, 6.45) is 0.824. The molecule has 0 aliphatic carbocycles. The minimum atomic E-state index is -0.241. The second kappa shape index (κ2) is 13.0. The maximum absolute atomic E-state index is 13.8. The van der Waals surface area contributed by atoms with E-state index in [0.717, 1.165) is 25.1 Å². The Labute approximate surface area is 260 Å². The van der Waals surface area contributed by atoms with Crippen molar-refractivity contribution in [1.29, 1.82) is 0 Å². The van der Waals surface area contributed by atoms with Gasteiger partial charge in [-0.25, -0.2) is 4.98 Å². The van der Waals surface area contributed by atoms with Crippen LogP contribution in [0, 0.1) is 0 Å². The summed E-state index contributed by atoms with van der Waals surface area (Å²) in [6, 6.07) is 21.0. The number of rotatable bonds is 9. The fourth-order valence-electron chi connectivity index (χ4n) is 5.31. The molecule has 0 spiro atoms. The van der Waals surface area contributed by atoms with Gasteiger partial charge in [-0.15, -0.1) is 0 Å². The summed E-state index contributed by atoms with van der Waals surface area (Å²) in [5.41, 5.74) is 2.85. The highest BCUT2D eigenvalue weighted by atomic mass is 32.2. The molecule has 2 aliphatic heterocycles. The van der Waals surface area contributed by atoms with Crippen LogP contribution in [0.2, 0.25) is 0 Å². The summed E-state index contributed by atoms with van der Waals surface area (Å²) in [4.78, 5) is 48.6. The van der Waals surface area contributed by atoms with Gasteiger partial charge in [-0.05, 0) is 49.2 Å². The first kappa shape index (κ1) is 29.6. The number of hydrogen-bond donors (Lipinski definition) is 1. The number of amides is 2. The van der Waals surface area contributed by atoms with Crippen LogP contribution in [0.25, 0.3) is 10.9 Å². The van der Waals surface area contributed by atoms with Crippen molar-refractivity contribution >= 4 is 40.2 Å². The van der Waals surface area contributed by atoms with Crippen molar-refractivity contribution in [1.82, 2.24) is 19.8 Å². The van der Waals surface area contributed by atoms with Gasteiger partial charge in [0, 0.05) is 49.5 Å². The minimum Gasteiger partial charge on any atom is -0.454 e. The molecule has 4 aromatic rings. The van der Waals surface area contributed by atoms with Gasteiger partial charge in [0.2, 0.25) is 12.7 Å². The molecule has 3 aromatic carbocycles. The summed E-state index contributed by atoms with van der Waals surface area (Å²) in [5, 5.41) is 3.79. The largest absolute Gasteiger partial charge is 0.454 e. The predicted molar refractivity (Wildman–Crippen MR) is 171 cm³/mol. The number of nitrogens with one attached hydrogen (secondary N) is 1. The molecule has 1 fully saturated rings. The Morgan fingerprint density at radius 2 is 1.68 bits per heavy atom. The van der Waals surface area contributed by atoms with Crippen LogP contribution >= 0.6 is 11.8 Å². The second-order valence-electron chi connectivity index (χ2n) is 11.0. The zero-order valence-electron chi connectivity index (χ0n) is 24.8. The van der Waals surface area contributed by atoms with E-state index in [0.29, 0.717) is 46.2 Å². The topological polar surface area (TPSA) is 106 Å². The lowest BCUT2D eigenvalue weighted by Gasteiger charge is -2.36. The van der Waals surface area contributed by atoms with Crippen LogP contribution in [0.1, 0.15) is 36.2 Å². The SMILES string of the molecule is CC[C@H](C)NC(=O)CSc1nc2cc3c(cc2c(=O)n1Cc1ccc(C(=O)N2CCN(c4ccccc4)CC2)cc1)OCO3. The number of nitrogens with zero attached hydrogens (tertiary/aromatic N) is 4. The van der Waals surface area contributed by atoms with E-state index in [-0.39, 0.29) is 42.5 Å². The van der Waals surface area contributed by atoms with Gasteiger partial charge in [0.15, 0.2) is 16.7 Å². The number of fused-ring (bicyclic) bond motifs is 2. The van der Waals surface area contributed by atoms with Gasteiger partial charge >= 0.3 is 0 Å². The van der Waals surface area contributed by atoms with Gasteiger partial charge in [0.25, 0.3) is 11.5 Å². The molecule has 11 heteroatoms. The van der Waals surface area contributed by atoms with Gasteiger partial charge in [-0.3, -0.25) is 19.0 Å². The smallest absolute Gasteiger partial charge is 0.262 e. The van der Waals surface area contributed by atoms with Gasteiger partial charge in [-0.2, -0.15) is 0 Å². The summed E-state index contributed by atoms with van der Waals surface area (Å²) in [7, 11) is 0.